The van der Waals surface area contributed by atoms with E-state index in [0.717, 1.165) is 0 Å². The largest absolute Gasteiger partial charge is 0.497 e. The molecule has 0 heterocycles. The van der Waals surface area contributed by atoms with Gasteiger partial charge in [0.2, 0.25) is 5.78 Å². The molecule has 0 aliphatic carbocycles. The van der Waals surface area contributed by atoms with E-state index in [-0.39, 0.29) is 26.1 Å². The lowest BCUT2D eigenvalue weighted by Gasteiger charge is -2.31. The summed E-state index contributed by atoms with van der Waals surface area (Å²) in [5.41, 5.74) is -0.841. The topological polar surface area (TPSA) is 108 Å². The van der Waals surface area contributed by atoms with Crippen molar-refractivity contribution >= 4 is 23.6 Å². The maximum absolute atomic E-state index is 12.8. The highest BCUT2D eigenvalue weighted by molar-refractivity contribution is 6.39. The normalized spacial score (nSPS) is 12.2. The van der Waals surface area contributed by atoms with E-state index in [0.29, 0.717) is 11.3 Å². The Labute approximate surface area is 170 Å². The molecule has 29 heavy (non-hydrogen) atoms. The molecular formula is C21H27NO7. The zero-order valence-corrected chi connectivity index (χ0v) is 17.0. The fourth-order valence-electron chi connectivity index (χ4n) is 2.69. The molecule has 0 aliphatic rings. The summed E-state index contributed by atoms with van der Waals surface area (Å²) >= 11 is 0. The number of nitrogens with one attached hydrogen (secondary N) is 1. The maximum Gasteiger partial charge on any atom is 0.332 e. The number of ketones is 1. The van der Waals surface area contributed by atoms with Gasteiger partial charge in [0.1, 0.15) is 17.7 Å². The summed E-state index contributed by atoms with van der Waals surface area (Å²) in [5.74, 6) is -2.95. The van der Waals surface area contributed by atoms with Gasteiger partial charge in [-0.1, -0.05) is 18.2 Å². The van der Waals surface area contributed by atoms with Crippen molar-refractivity contribution in [3.63, 3.8) is 0 Å². The first-order valence-electron chi connectivity index (χ1n) is 9.23. The van der Waals surface area contributed by atoms with Crippen molar-refractivity contribution < 1.29 is 33.4 Å². The molecule has 8 nitrogen and oxygen atoms in total. The van der Waals surface area contributed by atoms with Gasteiger partial charge in [0.25, 0.3) is 5.91 Å². The minimum Gasteiger partial charge on any atom is -0.497 e. The zero-order chi connectivity index (χ0) is 21.9. The second-order valence-electron chi connectivity index (χ2n) is 6.18. The molecule has 0 saturated carbocycles. The van der Waals surface area contributed by atoms with Crippen LogP contribution in [0.4, 0.5) is 0 Å². The van der Waals surface area contributed by atoms with Crippen molar-refractivity contribution in [3.05, 3.63) is 42.5 Å². The third-order valence-electron chi connectivity index (χ3n) is 4.04. The first-order chi connectivity index (χ1) is 13.8. The predicted octanol–water partition coefficient (Wildman–Crippen LogP) is 1.75. The Morgan fingerprint density at radius 1 is 1.07 bits per heavy atom. The number of ether oxygens (including phenoxy) is 3. The minimum atomic E-state index is -1.55. The molecule has 1 aromatic carbocycles. The standard InChI is InChI=1S/C21H27NO7/c1-5-12-21(20(26)29-7-3,14-15-8-10-16(27-4)11-9-15)22-19(25)17(23)13-18(24)28-6-2/h5,8-11H,1,6-7,12-14H2,2-4H3,(H,22,25). The maximum atomic E-state index is 12.8. The Hall–Kier alpha value is -3.16. The number of carbonyl (C=O) groups is 4. The summed E-state index contributed by atoms with van der Waals surface area (Å²) in [6, 6.07) is 6.91. The van der Waals surface area contributed by atoms with Crippen LogP contribution < -0.4 is 10.1 Å². The molecule has 1 N–H and O–H groups in total. The summed E-state index contributed by atoms with van der Waals surface area (Å²) in [5, 5.41) is 2.47. The van der Waals surface area contributed by atoms with Crippen LogP contribution in [0.1, 0.15) is 32.3 Å². The Bertz CT molecular complexity index is 742. The summed E-state index contributed by atoms with van der Waals surface area (Å²) in [6.07, 6.45) is 0.822. The second-order valence-corrected chi connectivity index (χ2v) is 6.18. The Morgan fingerprint density at radius 3 is 2.21 bits per heavy atom. The molecule has 0 bridgehead atoms. The zero-order valence-electron chi connectivity index (χ0n) is 17.0. The fourth-order valence-corrected chi connectivity index (χ4v) is 2.69. The van der Waals surface area contributed by atoms with Gasteiger partial charge in [-0.25, -0.2) is 4.79 Å². The first kappa shape index (κ1) is 23.9. The van der Waals surface area contributed by atoms with E-state index >= 15 is 0 Å². The number of Topliss-reactive ketones (excluding diaryl/α,β-unsaturated/α-hetero) is 1. The fraction of sp³-hybridized carbons (Fsp3) is 0.429. The molecule has 1 aromatic rings. The lowest BCUT2D eigenvalue weighted by Crippen LogP contribution is -2.58. The molecule has 158 valence electrons. The van der Waals surface area contributed by atoms with Crippen molar-refractivity contribution in [1.29, 1.82) is 0 Å². The van der Waals surface area contributed by atoms with Crippen molar-refractivity contribution in [2.45, 2.75) is 38.6 Å². The van der Waals surface area contributed by atoms with E-state index in [9.17, 15) is 19.2 Å². The van der Waals surface area contributed by atoms with Crippen molar-refractivity contribution in [2.24, 2.45) is 0 Å². The van der Waals surface area contributed by atoms with E-state index in [1.807, 2.05) is 0 Å². The quantitative estimate of drug-likeness (QED) is 0.244. The lowest BCUT2D eigenvalue weighted by molar-refractivity contribution is -0.154. The van der Waals surface area contributed by atoms with Gasteiger partial charge in [-0.15, -0.1) is 6.58 Å². The molecule has 8 heteroatoms. The third-order valence-corrected chi connectivity index (χ3v) is 4.04. The van der Waals surface area contributed by atoms with E-state index in [1.54, 1.807) is 38.1 Å². The molecule has 1 unspecified atom stereocenters. The van der Waals surface area contributed by atoms with Gasteiger partial charge < -0.3 is 19.5 Å². The second kappa shape index (κ2) is 11.6. The molecule has 0 spiro atoms. The summed E-state index contributed by atoms with van der Waals surface area (Å²) < 4.78 is 15.0. The van der Waals surface area contributed by atoms with Gasteiger partial charge in [0, 0.05) is 6.42 Å². The molecule has 0 radical (unpaired) electrons. The van der Waals surface area contributed by atoms with E-state index < -0.39 is 35.6 Å². The minimum absolute atomic E-state index is 0.0241. The van der Waals surface area contributed by atoms with Gasteiger partial charge >= 0.3 is 11.9 Å². The number of amides is 1. The average molecular weight is 405 g/mol. The molecule has 1 rings (SSSR count). The Morgan fingerprint density at radius 2 is 1.69 bits per heavy atom. The number of hydrogen-bond donors (Lipinski definition) is 1. The number of esters is 2. The average Bonchev–Trinajstić information content (AvgIpc) is 2.68. The van der Waals surface area contributed by atoms with Gasteiger partial charge in [-0.2, -0.15) is 0 Å². The number of hydrogen-bond acceptors (Lipinski definition) is 7. The molecule has 0 aromatic heterocycles. The van der Waals surface area contributed by atoms with Gasteiger partial charge in [0.15, 0.2) is 0 Å². The van der Waals surface area contributed by atoms with Crippen LogP contribution >= 0.6 is 0 Å². The number of rotatable bonds is 12. The monoisotopic (exact) mass is 405 g/mol. The van der Waals surface area contributed by atoms with Crippen LogP contribution in [0.3, 0.4) is 0 Å². The number of methoxy groups -OCH3 is 1. The highest BCUT2D eigenvalue weighted by Gasteiger charge is 2.42. The van der Waals surface area contributed by atoms with Crippen LogP contribution in [0.25, 0.3) is 0 Å². The Kier molecular flexibility index (Phi) is 9.58. The number of benzene rings is 1. The molecule has 0 saturated heterocycles. The molecule has 1 atom stereocenters. The van der Waals surface area contributed by atoms with Gasteiger partial charge in [-0.3, -0.25) is 14.4 Å². The molecule has 0 aliphatic heterocycles. The third kappa shape index (κ3) is 7.06. The smallest absolute Gasteiger partial charge is 0.332 e. The first-order valence-corrected chi connectivity index (χ1v) is 9.23. The summed E-state index contributed by atoms with van der Waals surface area (Å²) in [4.78, 5) is 48.8. The van der Waals surface area contributed by atoms with Crippen LogP contribution in [-0.2, 0) is 35.1 Å². The van der Waals surface area contributed by atoms with Gasteiger partial charge in [-0.05, 0) is 38.0 Å². The van der Waals surface area contributed by atoms with Crippen molar-refractivity contribution in [1.82, 2.24) is 5.32 Å². The van der Waals surface area contributed by atoms with Crippen molar-refractivity contribution in [2.75, 3.05) is 20.3 Å². The summed E-state index contributed by atoms with van der Waals surface area (Å²) in [6.45, 7) is 7.05. The van der Waals surface area contributed by atoms with Crippen molar-refractivity contribution in [3.8, 4) is 5.75 Å². The highest BCUT2D eigenvalue weighted by Crippen LogP contribution is 2.23. The van der Waals surface area contributed by atoms with Crippen LogP contribution in [0.5, 0.6) is 5.75 Å². The molecule has 0 fully saturated rings. The van der Waals surface area contributed by atoms with Crippen LogP contribution in [0.15, 0.2) is 36.9 Å². The summed E-state index contributed by atoms with van der Waals surface area (Å²) in [7, 11) is 1.53. The van der Waals surface area contributed by atoms with E-state index in [4.69, 9.17) is 9.47 Å². The predicted molar refractivity (Wildman–Crippen MR) is 105 cm³/mol. The highest BCUT2D eigenvalue weighted by atomic mass is 16.5. The van der Waals surface area contributed by atoms with Crippen LogP contribution in [0.2, 0.25) is 0 Å². The molecular weight excluding hydrogens is 378 g/mol. The van der Waals surface area contributed by atoms with Gasteiger partial charge in [0.05, 0.1) is 20.3 Å². The van der Waals surface area contributed by atoms with Crippen LogP contribution in [-0.4, -0.2) is 49.5 Å². The number of carbonyl (C=O) groups excluding carboxylic acids is 4. The SMILES string of the molecule is C=CCC(Cc1ccc(OC)cc1)(NC(=O)C(=O)CC(=O)OCC)C(=O)OCC. The lowest BCUT2D eigenvalue weighted by atomic mass is 9.87. The van der Waals surface area contributed by atoms with E-state index in [2.05, 4.69) is 16.6 Å². The molecule has 1 amide bonds. The van der Waals surface area contributed by atoms with Crippen LogP contribution in [0, 0.1) is 0 Å². The Balaban J connectivity index is 3.14. The van der Waals surface area contributed by atoms with E-state index in [1.165, 1.54) is 13.2 Å².